The summed E-state index contributed by atoms with van der Waals surface area (Å²) in [6, 6.07) is 0. The molecule has 0 saturated carbocycles. The quantitative estimate of drug-likeness (QED) is 0.300. The van der Waals surface area contributed by atoms with E-state index >= 15 is 0 Å². The molecule has 0 aromatic carbocycles. The van der Waals surface area contributed by atoms with Crippen molar-refractivity contribution in [3.05, 3.63) is 0 Å². The highest BCUT2D eigenvalue weighted by molar-refractivity contribution is 6.30. The van der Waals surface area contributed by atoms with E-state index in [4.69, 9.17) is 12.5 Å². The number of rotatable bonds is 0. The van der Waals surface area contributed by atoms with Crippen molar-refractivity contribution in [2.24, 2.45) is 0 Å². The van der Waals surface area contributed by atoms with Crippen molar-refractivity contribution in [2.45, 2.75) is 0 Å². The van der Waals surface area contributed by atoms with Gasteiger partial charge in [0.15, 0.2) is 0 Å². The predicted molar refractivity (Wildman–Crippen MR) is 30.5 cm³/mol. The molecule has 0 heterocycles. The van der Waals surface area contributed by atoms with Crippen LogP contribution in [0.4, 0.5) is 0 Å². The Kier molecular flexibility index (Phi) is 277. The van der Waals surface area contributed by atoms with Crippen LogP contribution in [0.1, 0.15) is 0 Å². The molecule has 0 unspecified atom stereocenters. The molecule has 0 aromatic rings. The van der Waals surface area contributed by atoms with Gasteiger partial charge in [0, 0.05) is 0 Å². The molecule has 0 atom stereocenters. The van der Waals surface area contributed by atoms with E-state index < -0.39 is 15.1 Å². The van der Waals surface area contributed by atoms with Crippen LogP contribution in [-0.2, 0) is 0 Å². The summed E-state index contributed by atoms with van der Waals surface area (Å²) in [5, 5.41) is 0. The first kappa shape index (κ1) is 60.2. The van der Waals surface area contributed by atoms with Gasteiger partial charge in [-0.15, -0.1) is 0 Å². The van der Waals surface area contributed by atoms with Crippen LogP contribution >= 0.6 is 0 Å². The Labute approximate surface area is 55.9 Å². The Hall–Kier alpha value is 0.212. The summed E-state index contributed by atoms with van der Waals surface area (Å²) in [5.74, 6) is 0. The highest BCUT2D eigenvalue weighted by Gasteiger charge is 2.08. The van der Waals surface area contributed by atoms with Gasteiger partial charge in [-0.25, -0.2) is 0 Å². The maximum absolute atomic E-state index is 7.31. The first-order valence-electron chi connectivity index (χ1n) is 0.775. The smallest absolute Gasteiger partial charge is 0.469 e. The molecule has 9 heavy (non-hydrogen) atoms. The van der Waals surface area contributed by atoms with E-state index in [9.17, 15) is 0 Å². The molecule has 13 N–H and O–H groups in total. The molecule has 0 aromatic heterocycles. The van der Waals surface area contributed by atoms with Crippen LogP contribution in [0.5, 0.6) is 0 Å². The Balaban J connectivity index is -0.00000000450. The van der Waals surface area contributed by atoms with Crippen molar-refractivity contribution in [3.63, 3.8) is 0 Å². The van der Waals surface area contributed by atoms with Crippen LogP contribution in [0.2, 0.25) is 0 Å². The number of hydrogen-bond donors (Lipinski definition) is 3. The minimum absolute atomic E-state index is 0. The molecule has 0 bridgehead atoms. The van der Waals surface area contributed by atoms with E-state index in [2.05, 4.69) is 0 Å². The van der Waals surface area contributed by atoms with Gasteiger partial charge in [0.25, 0.3) is 0 Å². The third kappa shape index (κ3) is 7020. The molecule has 0 spiro atoms. The van der Waals surface area contributed by atoms with Crippen LogP contribution in [0.15, 0.2) is 0 Å². The zero-order valence-electron chi connectivity index (χ0n) is 4.42. The topological polar surface area (TPSA) is 218 Å². The van der Waals surface area contributed by atoms with Gasteiger partial charge in [-0.2, -0.15) is 0 Å². The molecule has 0 fully saturated rings. The lowest BCUT2D eigenvalue weighted by Crippen LogP contribution is -2.07. The molecular formula is H13AlO8. The molecule has 0 saturated heterocycles. The monoisotopic (exact) mass is 168 g/mol. The second-order valence-electron chi connectivity index (χ2n) is 0.346. The summed E-state index contributed by atoms with van der Waals surface area (Å²) in [7, 11) is 0. The average Bonchev–Trinajstić information content (AvgIpc) is 0.811. The molecule has 0 aliphatic carbocycles. The SMILES string of the molecule is O.O.O.O.O.[OH][Al]([OH])[OH]. The van der Waals surface area contributed by atoms with E-state index in [0.717, 1.165) is 0 Å². The molecule has 0 aliphatic rings. The first-order valence-corrected chi connectivity index (χ1v) is 2.32. The normalized spacial score (nSPS) is 3.00. The summed E-state index contributed by atoms with van der Waals surface area (Å²) in [4.78, 5) is 0. The van der Waals surface area contributed by atoms with Crippen LogP contribution in [0.25, 0.3) is 0 Å². The van der Waals surface area contributed by atoms with Gasteiger partial charge >= 0.3 is 15.1 Å². The third-order valence-corrected chi connectivity index (χ3v) is 0. The molecular weight excluding hydrogens is 155 g/mol. The molecule has 0 rings (SSSR count). The fraction of sp³-hybridized carbons (Fsp3) is 0. The van der Waals surface area contributed by atoms with E-state index in [1.165, 1.54) is 0 Å². The van der Waals surface area contributed by atoms with Crippen molar-refractivity contribution in [1.29, 1.82) is 0 Å². The van der Waals surface area contributed by atoms with E-state index in [0.29, 0.717) is 0 Å². The number of hydrogen-bond acceptors (Lipinski definition) is 3. The van der Waals surface area contributed by atoms with Crippen LogP contribution in [-0.4, -0.2) is 55.0 Å². The standard InChI is InChI=1S/Al.8H2O/h;8*1H2/q+3;;;;;;;;/p-3. The van der Waals surface area contributed by atoms with Crippen molar-refractivity contribution >= 4 is 15.1 Å². The van der Waals surface area contributed by atoms with Crippen LogP contribution in [0, 0.1) is 0 Å². The molecule has 9 heteroatoms. The summed E-state index contributed by atoms with van der Waals surface area (Å²) < 4.78 is 21.9. The largest absolute Gasteiger partial charge is 0.897 e. The lowest BCUT2D eigenvalue weighted by molar-refractivity contribution is 0.278. The lowest BCUT2D eigenvalue weighted by Gasteiger charge is -1.65. The van der Waals surface area contributed by atoms with E-state index in [1.807, 2.05) is 0 Å². The second-order valence-corrected chi connectivity index (χ2v) is 1.04. The Bertz CT molecular complexity index is 9.28. The molecule has 0 aliphatic heterocycles. The van der Waals surface area contributed by atoms with E-state index in [-0.39, 0.29) is 27.4 Å². The summed E-state index contributed by atoms with van der Waals surface area (Å²) in [6.07, 6.45) is 0. The predicted octanol–water partition coefficient (Wildman–Crippen LogP) is -6.18. The highest BCUT2D eigenvalue weighted by Crippen LogP contribution is 1.40. The summed E-state index contributed by atoms with van der Waals surface area (Å²) in [6.45, 7) is 0. The Morgan fingerprint density at radius 1 is 0.556 bits per heavy atom. The minimum atomic E-state index is -3.14. The van der Waals surface area contributed by atoms with Crippen molar-refractivity contribution < 1.29 is 39.9 Å². The summed E-state index contributed by atoms with van der Waals surface area (Å²) >= 11 is -3.14. The Morgan fingerprint density at radius 2 is 0.556 bits per heavy atom. The zero-order valence-corrected chi connectivity index (χ0v) is 5.57. The maximum atomic E-state index is 7.31. The van der Waals surface area contributed by atoms with Crippen molar-refractivity contribution in [1.82, 2.24) is 0 Å². The first-order chi connectivity index (χ1) is 1.73. The molecule has 64 valence electrons. The van der Waals surface area contributed by atoms with Gasteiger partial charge in [-0.3, -0.25) is 0 Å². The van der Waals surface area contributed by atoms with Gasteiger partial charge in [0.2, 0.25) is 0 Å². The lowest BCUT2D eigenvalue weighted by atomic mass is 15.7. The van der Waals surface area contributed by atoms with Gasteiger partial charge in [0.1, 0.15) is 0 Å². The van der Waals surface area contributed by atoms with Gasteiger partial charge in [-0.05, 0) is 0 Å². The highest BCUT2D eigenvalue weighted by atomic mass is 27.2. The maximum Gasteiger partial charge on any atom is 0.897 e. The van der Waals surface area contributed by atoms with Crippen molar-refractivity contribution in [3.8, 4) is 0 Å². The van der Waals surface area contributed by atoms with Gasteiger partial charge in [0.05, 0.1) is 0 Å². The second kappa shape index (κ2) is 41.4. The molecule has 8 nitrogen and oxygen atoms in total. The Morgan fingerprint density at radius 3 is 0.556 bits per heavy atom. The van der Waals surface area contributed by atoms with Crippen LogP contribution in [0.3, 0.4) is 0 Å². The van der Waals surface area contributed by atoms with Gasteiger partial charge < -0.3 is 39.9 Å². The fourth-order valence-electron chi connectivity index (χ4n) is 0. The van der Waals surface area contributed by atoms with Crippen LogP contribution < -0.4 is 0 Å². The van der Waals surface area contributed by atoms with Gasteiger partial charge in [-0.1, -0.05) is 0 Å². The molecule has 0 amide bonds. The molecule has 0 radical (unpaired) electrons. The van der Waals surface area contributed by atoms with Crippen molar-refractivity contribution in [2.75, 3.05) is 0 Å². The third-order valence-electron chi connectivity index (χ3n) is 0. The van der Waals surface area contributed by atoms with E-state index in [1.54, 1.807) is 0 Å². The summed E-state index contributed by atoms with van der Waals surface area (Å²) in [5.41, 5.74) is 0. The zero-order chi connectivity index (χ0) is 3.58. The fourth-order valence-corrected chi connectivity index (χ4v) is 0. The minimum Gasteiger partial charge on any atom is -0.469 e. The average molecular weight is 168 g/mol.